The van der Waals surface area contributed by atoms with E-state index in [2.05, 4.69) is 31.1 Å². The van der Waals surface area contributed by atoms with E-state index in [1.54, 1.807) is 41.0 Å². The minimum absolute atomic E-state index is 0.0866. The van der Waals surface area contributed by atoms with E-state index in [0.717, 1.165) is 31.2 Å². The predicted octanol–water partition coefficient (Wildman–Crippen LogP) is 5.27. The van der Waals surface area contributed by atoms with E-state index in [-0.39, 0.29) is 16.8 Å². The average Bonchev–Trinajstić information content (AvgIpc) is 2.91. The van der Waals surface area contributed by atoms with Crippen LogP contribution in [0.15, 0.2) is 53.7 Å². The Hall–Kier alpha value is -2.84. The molecular formula is C29H36N4O3S. The lowest BCUT2D eigenvalue weighted by Crippen LogP contribution is -2.43. The van der Waals surface area contributed by atoms with Gasteiger partial charge in [0.1, 0.15) is 0 Å². The van der Waals surface area contributed by atoms with Gasteiger partial charge in [0.25, 0.3) is 5.91 Å². The third kappa shape index (κ3) is 5.27. The number of nitrogens with zero attached hydrogens (tertiary/aromatic N) is 3. The Balaban J connectivity index is 1.57. The first-order valence-corrected chi connectivity index (χ1v) is 14.8. The Morgan fingerprint density at radius 2 is 1.81 bits per heavy atom. The molecule has 37 heavy (non-hydrogen) atoms. The highest BCUT2D eigenvalue weighted by Gasteiger charge is 2.31. The molecule has 0 bridgehead atoms. The monoisotopic (exact) mass is 520 g/mol. The van der Waals surface area contributed by atoms with Crippen molar-refractivity contribution < 1.29 is 13.2 Å². The Morgan fingerprint density at radius 3 is 2.54 bits per heavy atom. The lowest BCUT2D eigenvalue weighted by molar-refractivity contribution is 0.0892. The van der Waals surface area contributed by atoms with Crippen molar-refractivity contribution in [1.29, 1.82) is 0 Å². The maximum atomic E-state index is 13.7. The number of sulfonamides is 1. The van der Waals surface area contributed by atoms with Gasteiger partial charge in [0, 0.05) is 42.5 Å². The zero-order valence-electron chi connectivity index (χ0n) is 21.9. The van der Waals surface area contributed by atoms with Gasteiger partial charge in [0.05, 0.1) is 21.7 Å². The second kappa shape index (κ2) is 10.5. The molecular weight excluding hydrogens is 484 g/mol. The van der Waals surface area contributed by atoms with E-state index >= 15 is 0 Å². The molecule has 2 aromatic heterocycles. The second-order valence-electron chi connectivity index (χ2n) is 10.9. The van der Waals surface area contributed by atoms with E-state index in [1.807, 2.05) is 12.1 Å². The van der Waals surface area contributed by atoms with Crippen LogP contribution in [0.3, 0.4) is 0 Å². The molecule has 0 spiro atoms. The van der Waals surface area contributed by atoms with Crippen molar-refractivity contribution in [2.24, 2.45) is 17.8 Å². The van der Waals surface area contributed by atoms with Crippen LogP contribution in [0.25, 0.3) is 22.2 Å². The normalized spacial score (nSPS) is 23.7. The third-order valence-electron chi connectivity index (χ3n) is 8.39. The summed E-state index contributed by atoms with van der Waals surface area (Å²) in [5, 5.41) is 3.82. The van der Waals surface area contributed by atoms with Crippen molar-refractivity contribution in [3.63, 3.8) is 0 Å². The number of aromatic nitrogens is 2. The molecule has 5 rings (SSSR count). The molecule has 1 aromatic carbocycles. The molecule has 0 unspecified atom stereocenters. The quantitative estimate of drug-likeness (QED) is 0.495. The molecule has 2 fully saturated rings. The Kier molecular flexibility index (Phi) is 7.32. The number of carbonyl (C=O) groups excluding carboxylic acids is 1. The fraction of sp³-hybridized carbons (Fsp3) is 0.483. The van der Waals surface area contributed by atoms with Crippen LogP contribution in [-0.2, 0) is 10.0 Å². The smallest absolute Gasteiger partial charge is 0.252 e. The van der Waals surface area contributed by atoms with Crippen LogP contribution in [0.1, 0.15) is 63.2 Å². The number of rotatable bonds is 5. The lowest BCUT2D eigenvalue weighted by atomic mass is 9.78. The molecule has 1 aliphatic carbocycles. The first-order chi connectivity index (χ1) is 17.7. The number of piperidine rings is 1. The van der Waals surface area contributed by atoms with E-state index in [4.69, 9.17) is 4.98 Å². The van der Waals surface area contributed by atoms with Gasteiger partial charge in [-0.1, -0.05) is 33.6 Å². The summed E-state index contributed by atoms with van der Waals surface area (Å²) in [5.41, 5.74) is 2.47. The van der Waals surface area contributed by atoms with Crippen LogP contribution < -0.4 is 5.32 Å². The summed E-state index contributed by atoms with van der Waals surface area (Å²) in [5.74, 6) is 1.26. The topological polar surface area (TPSA) is 92.3 Å². The van der Waals surface area contributed by atoms with E-state index in [0.29, 0.717) is 53.0 Å². The molecule has 2 aliphatic rings. The van der Waals surface area contributed by atoms with Gasteiger partial charge in [-0.3, -0.25) is 9.78 Å². The standard InChI is InChI=1S/C29H36N4O3S/c1-19-11-14-33(15-12-19)37(35,36)23-9-10-27-24(16-23)25(17-28(31-27)22-7-5-13-30-18-22)29(34)32-26-8-4-6-20(2)21(26)3/h5,7,9-10,13,16-21,26H,4,6,8,11-12,14-15H2,1-3H3,(H,32,34)/t20-,21-,26+/m0/s1. The Labute approximate surface area is 219 Å². The van der Waals surface area contributed by atoms with Gasteiger partial charge in [0.2, 0.25) is 10.0 Å². The largest absolute Gasteiger partial charge is 0.349 e. The van der Waals surface area contributed by atoms with Gasteiger partial charge < -0.3 is 5.32 Å². The molecule has 8 heteroatoms. The second-order valence-corrected chi connectivity index (χ2v) is 12.8. The number of benzene rings is 1. The average molecular weight is 521 g/mol. The van der Waals surface area contributed by atoms with Crippen LogP contribution in [0.5, 0.6) is 0 Å². The van der Waals surface area contributed by atoms with Crippen LogP contribution in [-0.4, -0.2) is 47.7 Å². The summed E-state index contributed by atoms with van der Waals surface area (Å²) in [7, 11) is -3.66. The Morgan fingerprint density at radius 1 is 1.03 bits per heavy atom. The molecule has 196 valence electrons. The zero-order chi connectivity index (χ0) is 26.2. The first kappa shape index (κ1) is 25.8. The maximum Gasteiger partial charge on any atom is 0.252 e. The molecule has 3 heterocycles. The lowest BCUT2D eigenvalue weighted by Gasteiger charge is -2.34. The number of hydrogen-bond acceptors (Lipinski definition) is 5. The molecule has 3 aromatic rings. The van der Waals surface area contributed by atoms with Gasteiger partial charge in [-0.15, -0.1) is 0 Å². The van der Waals surface area contributed by atoms with E-state index < -0.39 is 10.0 Å². The molecule has 1 amide bonds. The summed E-state index contributed by atoms with van der Waals surface area (Å²) >= 11 is 0. The highest BCUT2D eigenvalue weighted by molar-refractivity contribution is 7.89. The fourth-order valence-corrected chi connectivity index (χ4v) is 7.12. The summed E-state index contributed by atoms with van der Waals surface area (Å²) in [4.78, 5) is 22.9. The highest BCUT2D eigenvalue weighted by atomic mass is 32.2. The van der Waals surface area contributed by atoms with Crippen LogP contribution in [0.4, 0.5) is 0 Å². The summed E-state index contributed by atoms with van der Waals surface area (Å²) in [6, 6.07) is 10.6. The minimum Gasteiger partial charge on any atom is -0.349 e. The molecule has 0 radical (unpaired) electrons. The summed E-state index contributed by atoms with van der Waals surface area (Å²) in [6.45, 7) is 7.63. The number of pyridine rings is 2. The Bertz CT molecular complexity index is 1390. The number of nitrogens with one attached hydrogen (secondary N) is 1. The third-order valence-corrected chi connectivity index (χ3v) is 10.3. The number of amides is 1. The van der Waals surface area contributed by atoms with Crippen LogP contribution in [0, 0.1) is 17.8 Å². The van der Waals surface area contributed by atoms with Gasteiger partial charge in [-0.25, -0.2) is 13.4 Å². The van der Waals surface area contributed by atoms with Crippen molar-refractivity contribution in [1.82, 2.24) is 19.6 Å². The molecule has 1 N–H and O–H groups in total. The fourth-order valence-electron chi connectivity index (χ4n) is 5.62. The number of hydrogen-bond donors (Lipinski definition) is 1. The minimum atomic E-state index is -3.66. The van der Waals surface area contributed by atoms with Crippen molar-refractivity contribution in [3.8, 4) is 11.3 Å². The molecule has 7 nitrogen and oxygen atoms in total. The molecule has 3 atom stereocenters. The van der Waals surface area contributed by atoms with Crippen LogP contribution >= 0.6 is 0 Å². The predicted molar refractivity (Wildman–Crippen MR) is 146 cm³/mol. The van der Waals surface area contributed by atoms with Crippen molar-refractivity contribution in [3.05, 3.63) is 54.4 Å². The molecule has 1 saturated heterocycles. The molecule has 1 aliphatic heterocycles. The van der Waals surface area contributed by atoms with Crippen molar-refractivity contribution in [2.45, 2.75) is 63.8 Å². The van der Waals surface area contributed by atoms with Crippen LogP contribution in [0.2, 0.25) is 0 Å². The summed E-state index contributed by atoms with van der Waals surface area (Å²) < 4.78 is 28.6. The van der Waals surface area contributed by atoms with E-state index in [1.165, 1.54) is 6.42 Å². The van der Waals surface area contributed by atoms with Gasteiger partial charge in [-0.2, -0.15) is 4.31 Å². The van der Waals surface area contributed by atoms with Crippen molar-refractivity contribution >= 4 is 26.8 Å². The van der Waals surface area contributed by atoms with Gasteiger partial charge in [0.15, 0.2) is 0 Å². The first-order valence-electron chi connectivity index (χ1n) is 13.4. The maximum absolute atomic E-state index is 13.7. The summed E-state index contributed by atoms with van der Waals surface area (Å²) in [6.07, 6.45) is 8.34. The van der Waals surface area contributed by atoms with E-state index in [9.17, 15) is 13.2 Å². The van der Waals surface area contributed by atoms with Gasteiger partial charge in [-0.05, 0) is 73.4 Å². The highest BCUT2D eigenvalue weighted by Crippen LogP contribution is 2.32. The number of carbonyl (C=O) groups is 1. The van der Waals surface area contributed by atoms with Crippen molar-refractivity contribution in [2.75, 3.05) is 13.1 Å². The zero-order valence-corrected chi connectivity index (χ0v) is 22.7. The molecule has 1 saturated carbocycles. The van der Waals surface area contributed by atoms with Gasteiger partial charge >= 0.3 is 0 Å². The number of fused-ring (bicyclic) bond motifs is 1. The SMILES string of the molecule is CC1CCN(S(=O)(=O)c2ccc3nc(-c4cccnc4)cc(C(=O)N[C@@H]4CCC[C@H](C)[C@@H]4C)c3c2)CC1.